The Morgan fingerprint density at radius 2 is 1.83 bits per heavy atom. The van der Waals surface area contributed by atoms with Crippen molar-refractivity contribution in [1.29, 1.82) is 0 Å². The number of carbonyl (C=O) groups is 2. The minimum absolute atomic E-state index is 0.0588. The summed E-state index contributed by atoms with van der Waals surface area (Å²) in [5.74, 6) is -0.652. The molecule has 0 fully saturated rings. The first-order valence-electron chi connectivity index (χ1n) is 7.61. The molecule has 0 unspecified atom stereocenters. The Kier molecular flexibility index (Phi) is 5.92. The first-order chi connectivity index (χ1) is 11.0. The lowest BCUT2D eigenvalue weighted by atomic mass is 9.98. The number of amides is 1. The van der Waals surface area contributed by atoms with Crippen LogP contribution in [0.2, 0.25) is 0 Å². The van der Waals surface area contributed by atoms with Gasteiger partial charge in [0.05, 0.1) is 6.42 Å². The molecule has 0 aliphatic rings. The van der Waals surface area contributed by atoms with Gasteiger partial charge in [-0.25, -0.2) is 0 Å². The molecule has 2 aromatic carbocycles. The number of nitrogens with one attached hydrogen (secondary N) is 1. The van der Waals surface area contributed by atoms with E-state index in [1.54, 1.807) is 6.07 Å². The third-order valence-corrected chi connectivity index (χ3v) is 3.51. The average Bonchev–Trinajstić information content (AvgIpc) is 2.54. The zero-order valence-electron chi connectivity index (χ0n) is 13.4. The van der Waals surface area contributed by atoms with Crippen LogP contribution in [-0.4, -0.2) is 18.5 Å². The summed E-state index contributed by atoms with van der Waals surface area (Å²) in [5.41, 5.74) is 2.83. The Bertz CT molecular complexity index is 667. The highest BCUT2D eigenvalue weighted by molar-refractivity contribution is 5.92. The predicted molar refractivity (Wildman–Crippen MR) is 90.2 cm³/mol. The molecule has 23 heavy (non-hydrogen) atoms. The Hall–Kier alpha value is -2.62. The standard InChI is InChI=1S/C19H21NO3/c1-14-7-6-10-17(11-14)20-18(21)13-23-19(22)12-15(2)16-8-4-3-5-9-16/h3-11,15H,12-13H2,1-2H3,(H,20,21)/t15-/m1/s1. The molecule has 0 heterocycles. The van der Waals surface area contributed by atoms with Gasteiger partial charge in [-0.3, -0.25) is 9.59 Å². The van der Waals surface area contributed by atoms with Gasteiger partial charge in [0.25, 0.3) is 5.91 Å². The number of anilines is 1. The zero-order valence-corrected chi connectivity index (χ0v) is 13.4. The molecular formula is C19H21NO3. The van der Waals surface area contributed by atoms with E-state index in [0.29, 0.717) is 5.69 Å². The van der Waals surface area contributed by atoms with E-state index >= 15 is 0 Å². The quantitative estimate of drug-likeness (QED) is 0.828. The van der Waals surface area contributed by atoms with E-state index < -0.39 is 0 Å². The summed E-state index contributed by atoms with van der Waals surface area (Å²) in [6.45, 7) is 3.64. The van der Waals surface area contributed by atoms with Crippen LogP contribution in [0.1, 0.15) is 30.4 Å². The van der Waals surface area contributed by atoms with Gasteiger partial charge in [-0.2, -0.15) is 0 Å². The fraction of sp³-hybridized carbons (Fsp3) is 0.263. The highest BCUT2D eigenvalue weighted by Gasteiger charge is 2.13. The Morgan fingerprint density at radius 3 is 2.52 bits per heavy atom. The number of rotatable bonds is 6. The topological polar surface area (TPSA) is 55.4 Å². The number of carbonyl (C=O) groups excluding carboxylic acids is 2. The molecule has 1 N–H and O–H groups in total. The van der Waals surface area contributed by atoms with Crippen LogP contribution < -0.4 is 5.32 Å². The molecule has 2 aromatic rings. The lowest BCUT2D eigenvalue weighted by molar-refractivity contribution is -0.147. The largest absolute Gasteiger partial charge is 0.456 e. The molecule has 0 aliphatic carbocycles. The Labute approximate surface area is 136 Å². The van der Waals surface area contributed by atoms with Crippen LogP contribution in [0.4, 0.5) is 5.69 Å². The van der Waals surface area contributed by atoms with Gasteiger partial charge in [-0.1, -0.05) is 49.4 Å². The highest BCUT2D eigenvalue weighted by Crippen LogP contribution is 2.18. The molecule has 0 aromatic heterocycles. The predicted octanol–water partition coefficient (Wildman–Crippen LogP) is 3.67. The van der Waals surface area contributed by atoms with Crippen LogP contribution >= 0.6 is 0 Å². The summed E-state index contributed by atoms with van der Waals surface area (Å²) in [7, 11) is 0. The van der Waals surface area contributed by atoms with Crippen molar-refractivity contribution < 1.29 is 14.3 Å². The molecule has 4 heteroatoms. The zero-order chi connectivity index (χ0) is 16.7. The van der Waals surface area contributed by atoms with Crippen molar-refractivity contribution in [2.45, 2.75) is 26.2 Å². The first kappa shape index (κ1) is 16.7. The van der Waals surface area contributed by atoms with Crippen molar-refractivity contribution in [3.05, 3.63) is 65.7 Å². The minimum Gasteiger partial charge on any atom is -0.456 e. The maximum Gasteiger partial charge on any atom is 0.306 e. The molecule has 4 nitrogen and oxygen atoms in total. The number of benzene rings is 2. The van der Waals surface area contributed by atoms with E-state index in [-0.39, 0.29) is 30.8 Å². The minimum atomic E-state index is -0.374. The molecule has 2 rings (SSSR count). The fourth-order valence-electron chi connectivity index (χ4n) is 2.27. The van der Waals surface area contributed by atoms with E-state index in [9.17, 15) is 9.59 Å². The first-order valence-corrected chi connectivity index (χ1v) is 7.61. The second kappa shape index (κ2) is 8.13. The van der Waals surface area contributed by atoms with Crippen LogP contribution in [0.5, 0.6) is 0 Å². The van der Waals surface area contributed by atoms with Gasteiger partial charge in [0, 0.05) is 5.69 Å². The number of aryl methyl sites for hydroxylation is 1. The van der Waals surface area contributed by atoms with Crippen molar-refractivity contribution in [2.24, 2.45) is 0 Å². The molecule has 120 valence electrons. The van der Waals surface area contributed by atoms with Crippen LogP contribution in [0, 0.1) is 6.92 Å². The lowest BCUT2D eigenvalue weighted by Crippen LogP contribution is -2.21. The number of esters is 1. The SMILES string of the molecule is Cc1cccc(NC(=O)COC(=O)C[C@@H](C)c2ccccc2)c1. The van der Waals surface area contributed by atoms with Crippen LogP contribution in [0.25, 0.3) is 0 Å². The average molecular weight is 311 g/mol. The summed E-state index contributed by atoms with van der Waals surface area (Å²) in [6.07, 6.45) is 0.252. The molecule has 1 amide bonds. The molecule has 0 radical (unpaired) electrons. The smallest absolute Gasteiger partial charge is 0.306 e. The molecule has 0 spiro atoms. The molecule has 0 aliphatic heterocycles. The third kappa shape index (κ3) is 5.58. The summed E-state index contributed by atoms with van der Waals surface area (Å²) in [6, 6.07) is 17.2. The maximum atomic E-state index is 11.8. The van der Waals surface area contributed by atoms with E-state index in [2.05, 4.69) is 5.32 Å². The van der Waals surface area contributed by atoms with Gasteiger partial charge in [0.2, 0.25) is 0 Å². The summed E-state index contributed by atoms with van der Waals surface area (Å²) >= 11 is 0. The number of ether oxygens (including phenoxy) is 1. The van der Waals surface area contributed by atoms with Crippen molar-refractivity contribution in [3.8, 4) is 0 Å². The molecule has 0 saturated carbocycles. The number of hydrogen-bond acceptors (Lipinski definition) is 3. The van der Waals surface area contributed by atoms with E-state index in [1.807, 2.05) is 62.4 Å². The summed E-state index contributed by atoms with van der Waals surface area (Å²) in [5, 5.41) is 2.71. The highest BCUT2D eigenvalue weighted by atomic mass is 16.5. The second-order valence-electron chi connectivity index (χ2n) is 5.59. The van der Waals surface area contributed by atoms with Crippen molar-refractivity contribution in [3.63, 3.8) is 0 Å². The van der Waals surface area contributed by atoms with Crippen molar-refractivity contribution in [2.75, 3.05) is 11.9 Å². The molecule has 0 saturated heterocycles. The fourth-order valence-corrected chi connectivity index (χ4v) is 2.27. The van der Waals surface area contributed by atoms with Gasteiger partial charge in [0.15, 0.2) is 6.61 Å². The van der Waals surface area contributed by atoms with Gasteiger partial charge in [0.1, 0.15) is 0 Å². The van der Waals surface area contributed by atoms with Crippen LogP contribution in [0.3, 0.4) is 0 Å². The van der Waals surface area contributed by atoms with E-state index in [0.717, 1.165) is 11.1 Å². The second-order valence-corrected chi connectivity index (χ2v) is 5.59. The van der Waals surface area contributed by atoms with Gasteiger partial charge < -0.3 is 10.1 Å². The summed E-state index contributed by atoms with van der Waals surface area (Å²) < 4.78 is 5.05. The van der Waals surface area contributed by atoms with Crippen molar-refractivity contribution >= 4 is 17.6 Å². The molecular weight excluding hydrogens is 290 g/mol. The normalized spacial score (nSPS) is 11.6. The van der Waals surface area contributed by atoms with Gasteiger partial charge in [-0.05, 0) is 36.1 Å². The van der Waals surface area contributed by atoms with Crippen LogP contribution in [-0.2, 0) is 14.3 Å². The monoisotopic (exact) mass is 311 g/mol. The third-order valence-electron chi connectivity index (χ3n) is 3.51. The molecule has 1 atom stereocenters. The summed E-state index contributed by atoms with van der Waals surface area (Å²) in [4.78, 5) is 23.6. The van der Waals surface area contributed by atoms with E-state index in [1.165, 1.54) is 0 Å². The Balaban J connectivity index is 1.76. The van der Waals surface area contributed by atoms with Crippen molar-refractivity contribution in [1.82, 2.24) is 0 Å². The maximum absolute atomic E-state index is 11.8. The van der Waals surface area contributed by atoms with E-state index in [4.69, 9.17) is 4.74 Å². The molecule has 0 bridgehead atoms. The van der Waals surface area contributed by atoms with Gasteiger partial charge in [-0.15, -0.1) is 0 Å². The van der Waals surface area contributed by atoms with Crippen LogP contribution in [0.15, 0.2) is 54.6 Å². The van der Waals surface area contributed by atoms with Gasteiger partial charge >= 0.3 is 5.97 Å². The lowest BCUT2D eigenvalue weighted by Gasteiger charge is -2.11. The number of hydrogen-bond donors (Lipinski definition) is 1. The Morgan fingerprint density at radius 1 is 1.09 bits per heavy atom.